The van der Waals surface area contributed by atoms with Crippen LogP contribution < -0.4 is 9.47 Å². The van der Waals surface area contributed by atoms with Gasteiger partial charge in [-0.25, -0.2) is 0 Å². The molecule has 6 nitrogen and oxygen atoms in total. The molecule has 0 spiro atoms. The van der Waals surface area contributed by atoms with Gasteiger partial charge in [0.2, 0.25) is 0 Å². The van der Waals surface area contributed by atoms with Crippen LogP contribution in [0.1, 0.15) is 56.6 Å². The minimum Gasteiger partial charge on any atom is -0.496 e. The molecule has 8 heteroatoms. The van der Waals surface area contributed by atoms with Crippen LogP contribution in [-0.4, -0.2) is 63.8 Å². The average molecular weight is 493 g/mol. The fourth-order valence-corrected chi connectivity index (χ4v) is 4.60. The molecule has 0 amide bonds. The van der Waals surface area contributed by atoms with Crippen molar-refractivity contribution in [2.45, 2.75) is 57.1 Å². The van der Waals surface area contributed by atoms with E-state index in [2.05, 4.69) is 6.92 Å². The molecular formula is C24H41ClO6S. The summed E-state index contributed by atoms with van der Waals surface area (Å²) in [5, 5.41) is 0. The van der Waals surface area contributed by atoms with Crippen molar-refractivity contribution in [1.82, 2.24) is 0 Å². The maximum Gasteiger partial charge on any atom is 0.124 e. The lowest BCUT2D eigenvalue weighted by atomic mass is 10.1. The summed E-state index contributed by atoms with van der Waals surface area (Å²) in [6.07, 6.45) is 7.12. The molecule has 0 radical (unpaired) electrons. The smallest absolute Gasteiger partial charge is 0.124 e. The van der Waals surface area contributed by atoms with E-state index in [1.54, 1.807) is 14.2 Å². The highest BCUT2D eigenvalue weighted by molar-refractivity contribution is 7.84. The number of unbranched alkanes of at least 4 members (excludes halogenated alkanes) is 5. The Hall–Kier alpha value is -0.860. The van der Waals surface area contributed by atoms with Crippen LogP contribution in [0.15, 0.2) is 12.1 Å². The molecule has 0 saturated heterocycles. The molecule has 1 aromatic rings. The van der Waals surface area contributed by atoms with Gasteiger partial charge in [-0.05, 0) is 18.6 Å². The monoisotopic (exact) mass is 492 g/mol. The van der Waals surface area contributed by atoms with Gasteiger partial charge in [0.05, 0.1) is 51.8 Å². The van der Waals surface area contributed by atoms with E-state index >= 15 is 0 Å². The van der Waals surface area contributed by atoms with Gasteiger partial charge in [-0.3, -0.25) is 4.21 Å². The fourth-order valence-electron chi connectivity index (χ4n) is 3.15. The molecule has 0 aliphatic carbocycles. The zero-order valence-corrected chi connectivity index (χ0v) is 21.6. The van der Waals surface area contributed by atoms with Crippen LogP contribution >= 0.6 is 11.6 Å². The zero-order valence-electron chi connectivity index (χ0n) is 20.0. The molecule has 32 heavy (non-hydrogen) atoms. The minimum absolute atomic E-state index is 0.315. The standard InChI is InChI=1S/C24H41ClO6S/c1-4-5-6-7-8-9-16-32(26)20-22-18-23(28-3)21(19-25)17-24(22)31-15-14-30-13-12-29-11-10-27-2/h17-18H,4-16,19-20H2,1-3H3. The van der Waals surface area contributed by atoms with Crippen LogP contribution in [0.2, 0.25) is 0 Å². The zero-order chi connectivity index (χ0) is 23.4. The number of methoxy groups -OCH3 is 2. The maximum absolute atomic E-state index is 12.7. The van der Waals surface area contributed by atoms with Gasteiger partial charge < -0.3 is 23.7 Å². The predicted octanol–water partition coefficient (Wildman–Crippen LogP) is 5.10. The first-order valence-corrected chi connectivity index (χ1v) is 13.6. The predicted molar refractivity (Wildman–Crippen MR) is 132 cm³/mol. The second-order valence-electron chi connectivity index (χ2n) is 7.53. The third-order valence-corrected chi connectivity index (χ3v) is 6.60. The molecule has 0 heterocycles. The van der Waals surface area contributed by atoms with Crippen molar-refractivity contribution >= 4 is 22.4 Å². The van der Waals surface area contributed by atoms with Crippen molar-refractivity contribution in [3.05, 3.63) is 23.3 Å². The highest BCUT2D eigenvalue weighted by Gasteiger charge is 2.14. The van der Waals surface area contributed by atoms with Gasteiger partial charge in [-0.1, -0.05) is 39.0 Å². The third kappa shape index (κ3) is 13.0. The van der Waals surface area contributed by atoms with Crippen molar-refractivity contribution in [3.8, 4) is 11.5 Å². The van der Waals surface area contributed by atoms with Crippen LogP contribution in [0.5, 0.6) is 11.5 Å². The molecule has 0 fully saturated rings. The second-order valence-corrected chi connectivity index (χ2v) is 9.37. The molecule has 186 valence electrons. The van der Waals surface area contributed by atoms with Crippen molar-refractivity contribution in [2.75, 3.05) is 59.6 Å². The number of ether oxygens (including phenoxy) is 5. The van der Waals surface area contributed by atoms with Crippen molar-refractivity contribution in [3.63, 3.8) is 0 Å². The first-order chi connectivity index (χ1) is 15.7. The number of hydrogen-bond donors (Lipinski definition) is 0. The van der Waals surface area contributed by atoms with Gasteiger partial charge in [-0.2, -0.15) is 0 Å². The molecule has 1 unspecified atom stereocenters. The summed E-state index contributed by atoms with van der Waals surface area (Å²) in [4.78, 5) is 0. The first kappa shape index (κ1) is 29.2. The van der Waals surface area contributed by atoms with E-state index in [-0.39, 0.29) is 0 Å². The molecule has 0 bridgehead atoms. The number of halogens is 1. The van der Waals surface area contributed by atoms with E-state index in [9.17, 15) is 4.21 Å². The summed E-state index contributed by atoms with van der Waals surface area (Å²) in [6, 6.07) is 3.79. The largest absolute Gasteiger partial charge is 0.496 e. The van der Waals surface area contributed by atoms with E-state index < -0.39 is 10.8 Å². The summed E-state index contributed by atoms with van der Waals surface area (Å²) in [5.74, 6) is 2.85. The van der Waals surface area contributed by atoms with E-state index in [4.69, 9.17) is 35.3 Å². The fraction of sp³-hybridized carbons (Fsp3) is 0.750. The van der Waals surface area contributed by atoms with Crippen LogP contribution in [-0.2, 0) is 36.6 Å². The molecule has 0 aromatic heterocycles. The van der Waals surface area contributed by atoms with Crippen LogP contribution in [0, 0.1) is 0 Å². The summed E-state index contributed by atoms with van der Waals surface area (Å²) >= 11 is 6.07. The molecule has 1 aromatic carbocycles. The van der Waals surface area contributed by atoms with E-state index in [0.29, 0.717) is 68.5 Å². The lowest BCUT2D eigenvalue weighted by molar-refractivity contribution is 0.0179. The summed E-state index contributed by atoms with van der Waals surface area (Å²) in [7, 11) is 2.31. The van der Waals surface area contributed by atoms with Gasteiger partial charge >= 0.3 is 0 Å². The van der Waals surface area contributed by atoms with Crippen molar-refractivity contribution < 1.29 is 27.9 Å². The van der Waals surface area contributed by atoms with E-state index in [1.165, 1.54) is 25.7 Å². The lowest BCUT2D eigenvalue weighted by Crippen LogP contribution is -2.13. The Morgan fingerprint density at radius 2 is 1.44 bits per heavy atom. The quantitative estimate of drug-likeness (QED) is 0.176. The average Bonchev–Trinajstić information content (AvgIpc) is 2.80. The lowest BCUT2D eigenvalue weighted by Gasteiger charge is -2.16. The Morgan fingerprint density at radius 3 is 2.09 bits per heavy atom. The number of rotatable bonds is 21. The number of hydrogen-bond acceptors (Lipinski definition) is 6. The topological polar surface area (TPSA) is 63.2 Å². The summed E-state index contributed by atoms with van der Waals surface area (Å²) < 4.78 is 39.9. The van der Waals surface area contributed by atoms with Gasteiger partial charge in [-0.15, -0.1) is 11.6 Å². The molecule has 1 rings (SSSR count). The summed E-state index contributed by atoms with van der Waals surface area (Å²) in [5.41, 5.74) is 1.73. The second kappa shape index (κ2) is 19.6. The van der Waals surface area contributed by atoms with Gasteiger partial charge in [0.1, 0.15) is 18.1 Å². The Balaban J connectivity index is 2.52. The SMILES string of the molecule is CCCCCCCCS(=O)Cc1cc(OC)c(CCl)cc1OCCOCCOCCOC. The van der Waals surface area contributed by atoms with Crippen LogP contribution in [0.4, 0.5) is 0 Å². The normalized spacial score (nSPS) is 12.1. The minimum atomic E-state index is -0.949. The highest BCUT2D eigenvalue weighted by atomic mass is 35.5. The Morgan fingerprint density at radius 1 is 0.812 bits per heavy atom. The number of benzene rings is 1. The third-order valence-electron chi connectivity index (χ3n) is 4.94. The molecule has 0 saturated carbocycles. The van der Waals surface area contributed by atoms with Gasteiger partial charge in [0.15, 0.2) is 0 Å². The molecule has 1 atom stereocenters. The highest BCUT2D eigenvalue weighted by Crippen LogP contribution is 2.31. The van der Waals surface area contributed by atoms with Gasteiger partial charge in [0, 0.05) is 34.8 Å². The maximum atomic E-state index is 12.7. The first-order valence-electron chi connectivity index (χ1n) is 11.5. The Bertz CT molecular complexity index is 629. The molecule has 0 aliphatic rings. The van der Waals surface area contributed by atoms with Gasteiger partial charge in [0.25, 0.3) is 0 Å². The van der Waals surface area contributed by atoms with E-state index in [0.717, 1.165) is 24.0 Å². The van der Waals surface area contributed by atoms with Crippen LogP contribution in [0.25, 0.3) is 0 Å². The molecular weight excluding hydrogens is 452 g/mol. The van der Waals surface area contributed by atoms with Crippen LogP contribution in [0.3, 0.4) is 0 Å². The van der Waals surface area contributed by atoms with Crippen molar-refractivity contribution in [2.24, 2.45) is 0 Å². The Labute approximate surface area is 201 Å². The summed E-state index contributed by atoms with van der Waals surface area (Å²) in [6.45, 7) is 5.20. The molecule has 0 aliphatic heterocycles. The number of alkyl halides is 1. The molecule has 0 N–H and O–H groups in total. The Kier molecular flexibility index (Phi) is 17.9. The van der Waals surface area contributed by atoms with E-state index in [1.807, 2.05) is 12.1 Å². The van der Waals surface area contributed by atoms with Crippen molar-refractivity contribution in [1.29, 1.82) is 0 Å².